The third kappa shape index (κ3) is 18.1. The number of hydrogen-bond acceptors (Lipinski definition) is 3. The van der Waals surface area contributed by atoms with Gasteiger partial charge >= 0.3 is 0 Å². The van der Waals surface area contributed by atoms with Crippen molar-refractivity contribution in [2.45, 2.75) is 84.5 Å². The molecule has 1 rings (SSSR count). The predicted octanol–water partition coefficient (Wildman–Crippen LogP) is 4.75. The van der Waals surface area contributed by atoms with Gasteiger partial charge in [0.05, 0.1) is 6.26 Å². The molecular formula is C18H39NO3S. The lowest BCUT2D eigenvalue weighted by Gasteiger charge is -2.31. The van der Waals surface area contributed by atoms with Crippen LogP contribution in [0.2, 0.25) is 0 Å². The Morgan fingerprint density at radius 2 is 1.35 bits per heavy atom. The number of hydrogen-bond donors (Lipinski definition) is 1. The number of nitrogens with zero attached hydrogens (tertiary/aromatic N) is 1. The largest absolute Gasteiger partial charge is 0.303 e. The third-order valence-electron chi connectivity index (χ3n) is 4.61. The highest BCUT2D eigenvalue weighted by Crippen LogP contribution is 2.20. The first-order chi connectivity index (χ1) is 10.9. The average molecular weight is 350 g/mol. The summed E-state index contributed by atoms with van der Waals surface area (Å²) in [5.74, 6) is 1.03. The Morgan fingerprint density at radius 1 is 0.913 bits per heavy atom. The lowest BCUT2D eigenvalue weighted by molar-refractivity contribution is 0.179. The molecule has 4 nitrogen and oxygen atoms in total. The molecule has 0 atom stereocenters. The molecular weight excluding hydrogens is 310 g/mol. The van der Waals surface area contributed by atoms with Crippen molar-refractivity contribution in [1.29, 1.82) is 0 Å². The van der Waals surface area contributed by atoms with E-state index in [0.29, 0.717) is 6.26 Å². The fraction of sp³-hybridized carbons (Fsp3) is 1.00. The quantitative estimate of drug-likeness (QED) is 0.456. The molecule has 1 fully saturated rings. The van der Waals surface area contributed by atoms with Gasteiger partial charge in [-0.1, -0.05) is 65.2 Å². The predicted molar refractivity (Wildman–Crippen MR) is 99.5 cm³/mol. The maximum atomic E-state index is 9.19. The summed E-state index contributed by atoms with van der Waals surface area (Å²) in [6.45, 7) is 8.75. The molecule has 1 N–H and O–H groups in total. The van der Waals surface area contributed by atoms with Crippen LogP contribution in [-0.2, 0) is 10.1 Å². The zero-order valence-corrected chi connectivity index (χ0v) is 16.4. The van der Waals surface area contributed by atoms with E-state index in [4.69, 9.17) is 4.55 Å². The topological polar surface area (TPSA) is 57.6 Å². The van der Waals surface area contributed by atoms with Crippen molar-refractivity contribution < 1.29 is 13.0 Å². The highest BCUT2D eigenvalue weighted by atomic mass is 32.2. The molecule has 0 spiro atoms. The van der Waals surface area contributed by atoms with Gasteiger partial charge in [-0.05, 0) is 44.8 Å². The van der Waals surface area contributed by atoms with E-state index in [0.717, 1.165) is 5.92 Å². The van der Waals surface area contributed by atoms with E-state index in [-0.39, 0.29) is 0 Å². The van der Waals surface area contributed by atoms with Crippen LogP contribution in [-0.4, -0.2) is 43.8 Å². The summed E-state index contributed by atoms with van der Waals surface area (Å²) in [5.41, 5.74) is 0. The van der Waals surface area contributed by atoms with E-state index in [2.05, 4.69) is 18.7 Å². The Labute approximate surface area is 144 Å². The second kappa shape index (κ2) is 14.2. The first-order valence-electron chi connectivity index (χ1n) is 9.51. The maximum absolute atomic E-state index is 9.19. The molecule has 0 aliphatic carbocycles. The molecule has 140 valence electrons. The van der Waals surface area contributed by atoms with Crippen LogP contribution in [0.4, 0.5) is 0 Å². The molecule has 23 heavy (non-hydrogen) atoms. The third-order valence-corrected chi connectivity index (χ3v) is 4.61. The number of unbranched alkanes of at least 4 members (excludes halogenated alkanes) is 7. The Balaban J connectivity index is 0.000000841. The second-order valence-electron chi connectivity index (χ2n) is 6.90. The number of rotatable bonds is 10. The van der Waals surface area contributed by atoms with Crippen molar-refractivity contribution in [3.8, 4) is 0 Å². The lowest BCUT2D eigenvalue weighted by atomic mass is 9.94. The molecule has 5 heteroatoms. The average Bonchev–Trinajstić information content (AvgIpc) is 2.49. The van der Waals surface area contributed by atoms with Gasteiger partial charge in [0, 0.05) is 0 Å². The molecule has 1 saturated heterocycles. The van der Waals surface area contributed by atoms with Crippen LogP contribution >= 0.6 is 0 Å². The van der Waals surface area contributed by atoms with E-state index < -0.39 is 10.1 Å². The van der Waals surface area contributed by atoms with E-state index >= 15 is 0 Å². The van der Waals surface area contributed by atoms with E-state index in [1.807, 2.05) is 0 Å². The smallest absolute Gasteiger partial charge is 0.261 e. The number of piperidine rings is 1. The van der Waals surface area contributed by atoms with Gasteiger partial charge < -0.3 is 4.90 Å². The summed E-state index contributed by atoms with van der Waals surface area (Å²) in [6, 6.07) is 0. The Hall–Kier alpha value is -0.130. The van der Waals surface area contributed by atoms with Gasteiger partial charge in [-0.15, -0.1) is 0 Å². The summed E-state index contributed by atoms with van der Waals surface area (Å²) in [7, 11) is -3.67. The van der Waals surface area contributed by atoms with Crippen molar-refractivity contribution >= 4 is 10.1 Å². The van der Waals surface area contributed by atoms with Crippen molar-refractivity contribution in [3.63, 3.8) is 0 Å². The van der Waals surface area contributed by atoms with Crippen molar-refractivity contribution in [1.82, 2.24) is 4.90 Å². The van der Waals surface area contributed by atoms with Gasteiger partial charge in [-0.2, -0.15) is 8.42 Å². The van der Waals surface area contributed by atoms with Crippen LogP contribution in [0.3, 0.4) is 0 Å². The number of likely N-dealkylation sites (tertiary alicyclic amines) is 1. The molecule has 0 radical (unpaired) electrons. The SMILES string of the molecule is CCCCCCCCCCN1CCC(CC)CC1.CS(=O)(=O)O. The van der Waals surface area contributed by atoms with E-state index in [9.17, 15) is 8.42 Å². The molecule has 0 aromatic heterocycles. The van der Waals surface area contributed by atoms with Gasteiger partial charge in [0.1, 0.15) is 0 Å². The van der Waals surface area contributed by atoms with Crippen LogP contribution in [0, 0.1) is 5.92 Å². The summed E-state index contributed by atoms with van der Waals surface area (Å²) in [5, 5.41) is 0. The Bertz CT molecular complexity index is 341. The molecule has 1 aliphatic rings. The molecule has 1 heterocycles. The first kappa shape index (κ1) is 22.9. The summed E-state index contributed by atoms with van der Waals surface area (Å²) < 4.78 is 25.9. The van der Waals surface area contributed by atoms with E-state index in [1.165, 1.54) is 90.3 Å². The van der Waals surface area contributed by atoms with Crippen molar-refractivity contribution in [2.24, 2.45) is 5.92 Å². The van der Waals surface area contributed by atoms with Crippen LogP contribution in [0.25, 0.3) is 0 Å². The molecule has 0 aromatic carbocycles. The van der Waals surface area contributed by atoms with Crippen LogP contribution in [0.5, 0.6) is 0 Å². The van der Waals surface area contributed by atoms with Gasteiger partial charge in [0.2, 0.25) is 0 Å². The lowest BCUT2D eigenvalue weighted by Crippen LogP contribution is -2.34. The van der Waals surface area contributed by atoms with Crippen LogP contribution in [0.1, 0.15) is 84.5 Å². The summed E-state index contributed by atoms with van der Waals surface area (Å²) in [6.07, 6.45) is 16.6. The highest BCUT2D eigenvalue weighted by Gasteiger charge is 2.16. The van der Waals surface area contributed by atoms with Crippen LogP contribution in [0.15, 0.2) is 0 Å². The maximum Gasteiger partial charge on any atom is 0.261 e. The van der Waals surface area contributed by atoms with Gasteiger partial charge in [0.25, 0.3) is 10.1 Å². The second-order valence-corrected chi connectivity index (χ2v) is 8.37. The standard InChI is InChI=1S/C17H35N.CH4O3S/c1-3-5-6-7-8-9-10-11-14-18-15-12-17(4-2)13-16-18;1-5(2,3)4/h17H,3-16H2,1-2H3;1H3,(H,2,3,4). The van der Waals surface area contributed by atoms with Crippen molar-refractivity contribution in [3.05, 3.63) is 0 Å². The van der Waals surface area contributed by atoms with Crippen molar-refractivity contribution in [2.75, 3.05) is 25.9 Å². The molecule has 0 saturated carbocycles. The minimum absolute atomic E-state index is 0.715. The molecule has 1 aliphatic heterocycles. The van der Waals surface area contributed by atoms with Gasteiger partial charge in [0.15, 0.2) is 0 Å². The van der Waals surface area contributed by atoms with Gasteiger partial charge in [-0.25, -0.2) is 0 Å². The highest BCUT2D eigenvalue weighted by molar-refractivity contribution is 7.85. The van der Waals surface area contributed by atoms with Gasteiger partial charge in [-0.3, -0.25) is 4.55 Å². The zero-order valence-electron chi connectivity index (χ0n) is 15.6. The Kier molecular flexibility index (Phi) is 14.2. The van der Waals surface area contributed by atoms with Crippen LogP contribution < -0.4 is 0 Å². The fourth-order valence-corrected chi connectivity index (χ4v) is 3.09. The fourth-order valence-electron chi connectivity index (χ4n) is 3.09. The normalized spacial score (nSPS) is 16.9. The summed E-state index contributed by atoms with van der Waals surface area (Å²) >= 11 is 0. The Morgan fingerprint density at radius 3 is 1.78 bits per heavy atom. The molecule has 0 unspecified atom stereocenters. The first-order valence-corrected chi connectivity index (χ1v) is 11.4. The summed E-state index contributed by atoms with van der Waals surface area (Å²) in [4.78, 5) is 2.70. The molecule has 0 aromatic rings. The molecule has 0 amide bonds. The minimum atomic E-state index is -3.67. The zero-order chi connectivity index (χ0) is 17.6. The molecule has 0 bridgehead atoms. The monoisotopic (exact) mass is 349 g/mol. The van der Waals surface area contributed by atoms with E-state index in [1.54, 1.807) is 0 Å². The minimum Gasteiger partial charge on any atom is -0.303 e.